The predicted molar refractivity (Wildman–Crippen MR) is 54.0 cm³/mol. The van der Waals surface area contributed by atoms with Crippen molar-refractivity contribution in [1.82, 2.24) is 9.78 Å². The third-order valence-electron chi connectivity index (χ3n) is 2.05. The van der Waals surface area contributed by atoms with Gasteiger partial charge in [-0.2, -0.15) is 5.10 Å². The van der Waals surface area contributed by atoms with Crippen molar-refractivity contribution in [3.8, 4) is 0 Å². The minimum absolute atomic E-state index is 0.0574. The molecule has 1 aromatic rings. The van der Waals surface area contributed by atoms with Gasteiger partial charge in [0.1, 0.15) is 0 Å². The summed E-state index contributed by atoms with van der Waals surface area (Å²) < 4.78 is 6.13. The van der Waals surface area contributed by atoms with Gasteiger partial charge in [0, 0.05) is 0 Å². The van der Waals surface area contributed by atoms with Crippen LogP contribution < -0.4 is 5.73 Å². The van der Waals surface area contributed by atoms with Crippen molar-refractivity contribution in [2.45, 2.75) is 26.5 Å². The number of nitrogens with two attached hydrogens (primary N) is 1. The Morgan fingerprint density at radius 1 is 1.80 bits per heavy atom. The van der Waals surface area contributed by atoms with Crippen LogP contribution >= 0.6 is 0 Å². The first-order chi connectivity index (χ1) is 7.06. The summed E-state index contributed by atoms with van der Waals surface area (Å²) in [6, 6.07) is 0. The molecule has 0 aliphatic carbocycles. The Kier molecular flexibility index (Phi) is 3.68. The Morgan fingerprint density at radius 3 is 2.93 bits per heavy atom. The zero-order chi connectivity index (χ0) is 11.4. The van der Waals surface area contributed by atoms with Gasteiger partial charge in [0.05, 0.1) is 30.7 Å². The molecule has 1 aromatic heterocycles. The summed E-state index contributed by atoms with van der Waals surface area (Å²) in [5.41, 5.74) is 6.82. The van der Waals surface area contributed by atoms with Crippen LogP contribution in [0.2, 0.25) is 0 Å². The highest BCUT2D eigenvalue weighted by atomic mass is 16.5. The molecular weight excluding hydrogens is 198 g/mol. The number of ether oxygens (including phenoxy) is 1. The van der Waals surface area contributed by atoms with Gasteiger partial charge in [-0.3, -0.25) is 4.68 Å². The van der Waals surface area contributed by atoms with Crippen molar-refractivity contribution in [1.29, 1.82) is 0 Å². The fraction of sp³-hybridized carbons (Fsp3) is 0.556. The first-order valence-corrected chi connectivity index (χ1v) is 4.68. The number of anilines is 1. The van der Waals surface area contributed by atoms with E-state index in [9.17, 15) is 9.90 Å². The third kappa shape index (κ3) is 2.69. The van der Waals surface area contributed by atoms with Crippen molar-refractivity contribution in [2.24, 2.45) is 0 Å². The van der Waals surface area contributed by atoms with Gasteiger partial charge in [0.15, 0.2) is 6.10 Å². The van der Waals surface area contributed by atoms with E-state index in [2.05, 4.69) is 9.84 Å². The fourth-order valence-corrected chi connectivity index (χ4v) is 1.12. The molecule has 0 spiro atoms. The molecule has 1 atom stereocenters. The maximum absolute atomic E-state index is 11.1. The monoisotopic (exact) mass is 213 g/mol. The highest BCUT2D eigenvalue weighted by Crippen LogP contribution is 2.09. The number of esters is 1. The van der Waals surface area contributed by atoms with Gasteiger partial charge in [-0.1, -0.05) is 0 Å². The molecule has 0 aliphatic heterocycles. The Hall–Kier alpha value is -1.56. The first kappa shape index (κ1) is 11.5. The second kappa shape index (κ2) is 4.79. The van der Waals surface area contributed by atoms with Crippen molar-refractivity contribution < 1.29 is 14.6 Å². The number of aliphatic hydroxyl groups is 1. The quantitative estimate of drug-likeness (QED) is 0.670. The number of carbonyl (C=O) groups is 1. The molecule has 0 fully saturated rings. The summed E-state index contributed by atoms with van der Waals surface area (Å²) in [6.45, 7) is 3.75. The predicted octanol–water partition coefficient (Wildman–Crippen LogP) is -0.302. The van der Waals surface area contributed by atoms with Crippen LogP contribution in [0.3, 0.4) is 0 Å². The highest BCUT2D eigenvalue weighted by Gasteiger charge is 2.18. The van der Waals surface area contributed by atoms with Crippen molar-refractivity contribution in [3.63, 3.8) is 0 Å². The lowest BCUT2D eigenvalue weighted by atomic mass is 10.3. The van der Waals surface area contributed by atoms with Crippen LogP contribution in [0.15, 0.2) is 6.20 Å². The molecule has 6 nitrogen and oxygen atoms in total. The average Bonchev–Trinajstić information content (AvgIpc) is 2.50. The molecule has 0 saturated carbocycles. The van der Waals surface area contributed by atoms with E-state index in [1.165, 1.54) is 10.9 Å². The smallest absolute Gasteiger partial charge is 0.336 e. The molecule has 0 bridgehead atoms. The van der Waals surface area contributed by atoms with E-state index in [1.54, 1.807) is 13.8 Å². The van der Waals surface area contributed by atoms with Gasteiger partial charge in [-0.15, -0.1) is 0 Å². The van der Waals surface area contributed by atoms with Crippen LogP contribution in [0.25, 0.3) is 0 Å². The van der Waals surface area contributed by atoms with E-state index in [0.29, 0.717) is 5.69 Å². The lowest BCUT2D eigenvalue weighted by Crippen LogP contribution is -2.28. The minimum Gasteiger partial charge on any atom is -0.464 e. The van der Waals surface area contributed by atoms with Crippen molar-refractivity contribution >= 4 is 11.7 Å². The van der Waals surface area contributed by atoms with Crippen molar-refractivity contribution in [3.05, 3.63) is 11.9 Å². The van der Waals surface area contributed by atoms with E-state index < -0.39 is 12.1 Å². The van der Waals surface area contributed by atoms with Gasteiger partial charge >= 0.3 is 5.97 Å². The highest BCUT2D eigenvalue weighted by molar-refractivity contribution is 5.74. The number of nitrogen functional groups attached to an aromatic ring is 1. The number of nitrogens with zero attached hydrogens (tertiary/aromatic N) is 2. The molecule has 0 aromatic carbocycles. The molecule has 0 aliphatic rings. The van der Waals surface area contributed by atoms with Crippen molar-refractivity contribution in [2.75, 3.05) is 12.3 Å². The molecule has 1 rings (SSSR count). The molecule has 15 heavy (non-hydrogen) atoms. The van der Waals surface area contributed by atoms with E-state index in [0.717, 1.165) is 5.69 Å². The number of carbonyl (C=O) groups excluding carboxylic acids is 1. The van der Waals surface area contributed by atoms with Crippen LogP contribution in [-0.4, -0.2) is 33.6 Å². The lowest BCUT2D eigenvalue weighted by molar-refractivity contribution is -0.153. The fourth-order valence-electron chi connectivity index (χ4n) is 1.12. The van der Waals surface area contributed by atoms with Gasteiger partial charge < -0.3 is 15.6 Å². The molecule has 3 N–H and O–H groups in total. The topological polar surface area (TPSA) is 90.4 Å². The number of rotatable bonds is 4. The molecule has 1 unspecified atom stereocenters. The number of hydrogen-bond donors (Lipinski definition) is 2. The number of aliphatic hydroxyl groups excluding tert-OH is 1. The van der Waals surface area contributed by atoms with E-state index in [1.807, 2.05) is 0 Å². The van der Waals surface area contributed by atoms with Gasteiger partial charge in [0.2, 0.25) is 0 Å². The average molecular weight is 213 g/mol. The standard InChI is InChI=1S/C9H15N3O3/c1-3-15-9(14)8(13)5-12-6(2)7(10)4-11-12/h4,8,13H,3,5,10H2,1-2H3. The molecule has 0 radical (unpaired) electrons. The van der Waals surface area contributed by atoms with Gasteiger partial charge in [0.25, 0.3) is 0 Å². The Bertz CT molecular complexity index is 348. The Morgan fingerprint density at radius 2 is 2.47 bits per heavy atom. The SMILES string of the molecule is CCOC(=O)C(O)Cn1ncc(N)c1C. The van der Waals surface area contributed by atoms with E-state index >= 15 is 0 Å². The van der Waals surface area contributed by atoms with Crippen LogP contribution in [0.4, 0.5) is 5.69 Å². The van der Waals surface area contributed by atoms with Crippen LogP contribution in [0.5, 0.6) is 0 Å². The maximum Gasteiger partial charge on any atom is 0.336 e. The molecular formula is C9H15N3O3. The summed E-state index contributed by atoms with van der Waals surface area (Å²) in [7, 11) is 0. The van der Waals surface area contributed by atoms with E-state index in [-0.39, 0.29) is 13.2 Å². The number of aromatic nitrogens is 2. The second-order valence-corrected chi connectivity index (χ2v) is 3.14. The third-order valence-corrected chi connectivity index (χ3v) is 2.05. The van der Waals surface area contributed by atoms with Crippen LogP contribution in [0, 0.1) is 6.92 Å². The Balaban J connectivity index is 2.62. The summed E-state index contributed by atoms with van der Waals surface area (Å²) in [5.74, 6) is -0.647. The molecule has 84 valence electrons. The van der Waals surface area contributed by atoms with Crippen LogP contribution in [0.1, 0.15) is 12.6 Å². The number of hydrogen-bond acceptors (Lipinski definition) is 5. The molecule has 1 heterocycles. The lowest BCUT2D eigenvalue weighted by Gasteiger charge is -2.10. The molecule has 6 heteroatoms. The van der Waals surface area contributed by atoms with Gasteiger partial charge in [-0.05, 0) is 13.8 Å². The summed E-state index contributed by atoms with van der Waals surface area (Å²) >= 11 is 0. The molecule has 0 amide bonds. The summed E-state index contributed by atoms with van der Waals surface area (Å²) in [6.07, 6.45) is 0.274. The maximum atomic E-state index is 11.1. The zero-order valence-corrected chi connectivity index (χ0v) is 8.80. The first-order valence-electron chi connectivity index (χ1n) is 4.68. The van der Waals surface area contributed by atoms with Crippen LogP contribution in [-0.2, 0) is 16.1 Å². The largest absolute Gasteiger partial charge is 0.464 e. The summed E-state index contributed by atoms with van der Waals surface area (Å²) in [5, 5.41) is 13.4. The molecule has 0 saturated heterocycles. The zero-order valence-electron chi connectivity index (χ0n) is 8.80. The van der Waals surface area contributed by atoms with Gasteiger partial charge in [-0.25, -0.2) is 4.79 Å². The Labute approximate surface area is 87.6 Å². The minimum atomic E-state index is -1.21. The van der Waals surface area contributed by atoms with E-state index in [4.69, 9.17) is 5.73 Å². The second-order valence-electron chi connectivity index (χ2n) is 3.14. The normalized spacial score (nSPS) is 12.5. The summed E-state index contributed by atoms with van der Waals surface area (Å²) in [4.78, 5) is 11.1.